The summed E-state index contributed by atoms with van der Waals surface area (Å²) in [7, 11) is 7.33. The third-order valence-electron chi connectivity index (χ3n) is 4.23. The van der Waals surface area contributed by atoms with Crippen molar-refractivity contribution >= 4 is 0 Å². The minimum atomic E-state index is -0.0794. The van der Waals surface area contributed by atoms with Crippen LogP contribution in [0.3, 0.4) is 0 Å². The number of hydrogen-bond acceptors (Lipinski definition) is 4. The van der Waals surface area contributed by atoms with Gasteiger partial charge in [0.05, 0.1) is 20.3 Å². The van der Waals surface area contributed by atoms with Crippen molar-refractivity contribution in [1.82, 2.24) is 19.4 Å². The maximum absolute atomic E-state index is 5.42. The summed E-state index contributed by atoms with van der Waals surface area (Å²) in [6, 6.07) is 7.93. The third kappa shape index (κ3) is 3.85. The summed E-state index contributed by atoms with van der Waals surface area (Å²) in [5.74, 6) is 2.45. The fourth-order valence-corrected chi connectivity index (χ4v) is 2.90. The zero-order valence-corrected chi connectivity index (χ0v) is 15.1. The molecule has 1 aromatic carbocycles. The molecule has 0 saturated carbocycles. The summed E-state index contributed by atoms with van der Waals surface area (Å²) < 4.78 is 14.9. The Hall–Kier alpha value is -2.73. The summed E-state index contributed by atoms with van der Waals surface area (Å²) in [5.41, 5.74) is 2.26. The lowest BCUT2D eigenvalue weighted by molar-refractivity contribution is 0.392. The summed E-state index contributed by atoms with van der Waals surface area (Å²) in [6.45, 7) is 0.734. The molecular weight excluding hydrogens is 316 g/mol. The fourth-order valence-electron chi connectivity index (χ4n) is 2.90. The van der Waals surface area contributed by atoms with Crippen LogP contribution in [0.15, 0.2) is 49.1 Å². The van der Waals surface area contributed by atoms with Gasteiger partial charge in [-0.25, -0.2) is 4.98 Å². The number of nitrogens with zero attached hydrogens (tertiary/aromatic N) is 3. The highest BCUT2D eigenvalue weighted by atomic mass is 16.5. The molecule has 0 aliphatic heterocycles. The Balaban J connectivity index is 1.95. The molecule has 3 aromatic rings. The van der Waals surface area contributed by atoms with Crippen molar-refractivity contribution in [2.45, 2.75) is 12.6 Å². The van der Waals surface area contributed by atoms with Gasteiger partial charge in [0.1, 0.15) is 17.3 Å². The van der Waals surface area contributed by atoms with Gasteiger partial charge in [-0.15, -0.1) is 0 Å². The van der Waals surface area contributed by atoms with Crippen molar-refractivity contribution < 1.29 is 9.47 Å². The van der Waals surface area contributed by atoms with Crippen LogP contribution in [0.4, 0.5) is 0 Å². The number of ether oxygens (including phenoxy) is 2. The second-order valence-corrected chi connectivity index (χ2v) is 6.04. The Labute approximate surface area is 148 Å². The van der Waals surface area contributed by atoms with E-state index in [1.807, 2.05) is 60.0 Å². The molecule has 6 nitrogen and oxygen atoms in total. The lowest BCUT2D eigenvalue weighted by Crippen LogP contribution is -2.24. The van der Waals surface area contributed by atoms with E-state index < -0.39 is 0 Å². The number of nitrogens with one attached hydrogen (secondary N) is 1. The summed E-state index contributed by atoms with van der Waals surface area (Å²) in [5, 5.41) is 3.60. The van der Waals surface area contributed by atoms with E-state index in [0.29, 0.717) is 0 Å². The molecule has 3 rings (SSSR count). The van der Waals surface area contributed by atoms with Gasteiger partial charge in [-0.05, 0) is 29.3 Å². The van der Waals surface area contributed by atoms with Crippen LogP contribution in [0.25, 0.3) is 0 Å². The zero-order chi connectivity index (χ0) is 17.8. The highest BCUT2D eigenvalue weighted by Crippen LogP contribution is 2.29. The van der Waals surface area contributed by atoms with Crippen molar-refractivity contribution in [2.24, 2.45) is 14.1 Å². The van der Waals surface area contributed by atoms with E-state index in [0.717, 1.165) is 29.4 Å². The van der Waals surface area contributed by atoms with E-state index >= 15 is 0 Å². The van der Waals surface area contributed by atoms with Crippen LogP contribution in [-0.2, 0) is 20.6 Å². The Kier molecular flexibility index (Phi) is 5.09. The van der Waals surface area contributed by atoms with E-state index in [4.69, 9.17) is 9.47 Å². The van der Waals surface area contributed by atoms with Gasteiger partial charge in [-0.2, -0.15) is 0 Å². The lowest BCUT2D eigenvalue weighted by atomic mass is 10.0. The topological polar surface area (TPSA) is 53.2 Å². The molecular formula is C19H24N4O2. The van der Waals surface area contributed by atoms with E-state index in [1.165, 1.54) is 5.56 Å². The van der Waals surface area contributed by atoms with Crippen molar-refractivity contribution in [2.75, 3.05) is 14.2 Å². The average molecular weight is 340 g/mol. The molecule has 2 aromatic heterocycles. The molecule has 1 unspecified atom stereocenters. The summed E-state index contributed by atoms with van der Waals surface area (Å²) in [6.07, 6.45) is 7.91. The molecule has 0 aliphatic rings. The van der Waals surface area contributed by atoms with Crippen LogP contribution in [-0.4, -0.2) is 28.3 Å². The van der Waals surface area contributed by atoms with Crippen molar-refractivity contribution in [3.05, 3.63) is 66.0 Å². The predicted molar refractivity (Wildman–Crippen MR) is 96.8 cm³/mol. The normalized spacial score (nSPS) is 12.2. The predicted octanol–water partition coefficient (Wildman–Crippen LogP) is 2.66. The summed E-state index contributed by atoms with van der Waals surface area (Å²) in [4.78, 5) is 4.53. The maximum atomic E-state index is 5.42. The quantitative estimate of drug-likeness (QED) is 0.718. The maximum Gasteiger partial charge on any atom is 0.130 e. The molecule has 25 heavy (non-hydrogen) atoms. The third-order valence-corrected chi connectivity index (χ3v) is 4.23. The number of aromatic nitrogens is 3. The molecule has 1 N–H and O–H groups in total. The van der Waals surface area contributed by atoms with Gasteiger partial charge in [0, 0.05) is 51.5 Å². The van der Waals surface area contributed by atoms with Crippen LogP contribution >= 0.6 is 0 Å². The molecule has 6 heteroatoms. The number of hydrogen-bond donors (Lipinski definition) is 1. The SMILES string of the molecule is COc1cc(OC)cc(C(NCc2ccn(C)c2)c2nccn2C)c1. The van der Waals surface area contributed by atoms with E-state index in [1.54, 1.807) is 14.2 Å². The second-order valence-electron chi connectivity index (χ2n) is 6.04. The Morgan fingerprint density at radius 3 is 2.32 bits per heavy atom. The van der Waals surface area contributed by atoms with Crippen molar-refractivity contribution in [3.63, 3.8) is 0 Å². The first-order valence-electron chi connectivity index (χ1n) is 8.15. The lowest BCUT2D eigenvalue weighted by Gasteiger charge is -2.20. The van der Waals surface area contributed by atoms with Gasteiger partial charge in [0.25, 0.3) is 0 Å². The Bertz CT molecular complexity index is 815. The molecule has 132 valence electrons. The monoisotopic (exact) mass is 340 g/mol. The highest BCUT2D eigenvalue weighted by molar-refractivity contribution is 5.41. The van der Waals surface area contributed by atoms with Crippen LogP contribution in [0.1, 0.15) is 23.0 Å². The number of methoxy groups -OCH3 is 2. The molecule has 0 spiro atoms. The van der Waals surface area contributed by atoms with Crippen LogP contribution < -0.4 is 14.8 Å². The first-order valence-corrected chi connectivity index (χ1v) is 8.15. The molecule has 2 heterocycles. The molecule has 0 bridgehead atoms. The largest absolute Gasteiger partial charge is 0.497 e. The zero-order valence-electron chi connectivity index (χ0n) is 15.1. The van der Waals surface area contributed by atoms with Gasteiger partial charge >= 0.3 is 0 Å². The van der Waals surface area contributed by atoms with Gasteiger partial charge in [-0.1, -0.05) is 0 Å². The minimum Gasteiger partial charge on any atom is -0.497 e. The Morgan fingerprint density at radius 1 is 1.08 bits per heavy atom. The van der Waals surface area contributed by atoms with Gasteiger partial charge < -0.3 is 18.6 Å². The van der Waals surface area contributed by atoms with Crippen LogP contribution in [0.2, 0.25) is 0 Å². The first kappa shape index (κ1) is 17.1. The minimum absolute atomic E-state index is 0.0794. The molecule has 0 saturated heterocycles. The number of rotatable bonds is 7. The summed E-state index contributed by atoms with van der Waals surface area (Å²) >= 11 is 0. The molecule has 0 aliphatic carbocycles. The van der Waals surface area contributed by atoms with E-state index in [2.05, 4.69) is 22.6 Å². The molecule has 0 fully saturated rings. The van der Waals surface area contributed by atoms with Crippen molar-refractivity contribution in [3.8, 4) is 11.5 Å². The number of imidazole rings is 1. The highest BCUT2D eigenvalue weighted by Gasteiger charge is 2.20. The number of benzene rings is 1. The molecule has 0 amide bonds. The average Bonchev–Trinajstić information content (AvgIpc) is 3.23. The van der Waals surface area contributed by atoms with Gasteiger partial charge in [0.15, 0.2) is 0 Å². The Morgan fingerprint density at radius 2 is 1.80 bits per heavy atom. The second kappa shape index (κ2) is 7.44. The van der Waals surface area contributed by atoms with E-state index in [-0.39, 0.29) is 6.04 Å². The molecule has 0 radical (unpaired) electrons. The van der Waals surface area contributed by atoms with Crippen molar-refractivity contribution in [1.29, 1.82) is 0 Å². The van der Waals surface area contributed by atoms with E-state index in [9.17, 15) is 0 Å². The fraction of sp³-hybridized carbons (Fsp3) is 0.316. The van der Waals surface area contributed by atoms with Crippen LogP contribution in [0.5, 0.6) is 11.5 Å². The smallest absolute Gasteiger partial charge is 0.130 e. The molecule has 1 atom stereocenters. The van der Waals surface area contributed by atoms with Gasteiger partial charge in [-0.3, -0.25) is 5.32 Å². The number of aryl methyl sites for hydroxylation is 2. The standard InChI is InChI=1S/C19H24N4O2/c1-22-7-5-14(13-22)12-21-18(19-20-6-8-23(19)2)15-9-16(24-3)11-17(10-15)25-4/h5-11,13,18,21H,12H2,1-4H3. The van der Waals surface area contributed by atoms with Gasteiger partial charge in [0.2, 0.25) is 0 Å². The first-order chi connectivity index (χ1) is 12.1. The van der Waals surface area contributed by atoms with Crippen LogP contribution in [0, 0.1) is 0 Å².